The Balaban J connectivity index is 2.23. The van der Waals surface area contributed by atoms with Crippen molar-refractivity contribution in [3.8, 4) is 11.5 Å². The predicted molar refractivity (Wildman–Crippen MR) is 61.6 cm³/mol. The molecule has 0 aliphatic rings. The van der Waals surface area contributed by atoms with Crippen LogP contribution in [0.5, 0.6) is 0 Å². The molecular formula is C12H12F3N3O. The number of benzene rings is 1. The van der Waals surface area contributed by atoms with Gasteiger partial charge in [0.1, 0.15) is 0 Å². The topological polar surface area (TPSA) is 51.0 Å². The molecule has 4 nitrogen and oxygen atoms in total. The third-order valence-corrected chi connectivity index (χ3v) is 2.37. The first kappa shape index (κ1) is 13.5. The molecule has 0 amide bonds. The normalized spacial score (nSPS) is 11.3. The maximum Gasteiger partial charge on any atom is 0.258 e. The summed E-state index contributed by atoms with van der Waals surface area (Å²) in [5.74, 6) is -3.82. The molecular weight excluding hydrogens is 259 g/mol. The molecule has 0 saturated carbocycles. The van der Waals surface area contributed by atoms with Crippen LogP contribution in [0.3, 0.4) is 0 Å². The number of nitrogens with zero attached hydrogens (tertiary/aromatic N) is 2. The highest BCUT2D eigenvalue weighted by Crippen LogP contribution is 2.22. The van der Waals surface area contributed by atoms with E-state index in [4.69, 9.17) is 4.52 Å². The zero-order chi connectivity index (χ0) is 14.0. The fourth-order valence-electron chi connectivity index (χ4n) is 1.42. The molecule has 0 spiro atoms. The second-order valence-corrected chi connectivity index (χ2v) is 4.31. The SMILES string of the molecule is CC(C)NCc1noc(-c2cc(F)c(F)c(F)c2)n1. The summed E-state index contributed by atoms with van der Waals surface area (Å²) in [6.07, 6.45) is 0. The molecule has 0 bridgehead atoms. The number of halogens is 3. The number of hydrogen-bond donors (Lipinski definition) is 1. The molecule has 0 aliphatic heterocycles. The average molecular weight is 271 g/mol. The number of aromatic nitrogens is 2. The summed E-state index contributed by atoms with van der Waals surface area (Å²) in [6, 6.07) is 1.86. The van der Waals surface area contributed by atoms with Gasteiger partial charge in [0.2, 0.25) is 0 Å². The summed E-state index contributed by atoms with van der Waals surface area (Å²) >= 11 is 0. The van der Waals surface area contributed by atoms with Crippen LogP contribution >= 0.6 is 0 Å². The molecule has 2 aromatic rings. The van der Waals surface area contributed by atoms with Crippen LogP contribution in [0.1, 0.15) is 19.7 Å². The molecule has 19 heavy (non-hydrogen) atoms. The molecule has 0 saturated heterocycles. The van der Waals surface area contributed by atoms with E-state index in [1.165, 1.54) is 0 Å². The van der Waals surface area contributed by atoms with Gasteiger partial charge in [0.15, 0.2) is 23.3 Å². The van der Waals surface area contributed by atoms with Gasteiger partial charge in [-0.25, -0.2) is 13.2 Å². The molecule has 0 unspecified atom stereocenters. The minimum atomic E-state index is -1.52. The maximum atomic E-state index is 13.1. The maximum absolute atomic E-state index is 13.1. The summed E-state index contributed by atoms with van der Waals surface area (Å²) < 4.78 is 43.8. The van der Waals surface area contributed by atoms with Crippen LogP contribution in [0.2, 0.25) is 0 Å². The third kappa shape index (κ3) is 3.11. The third-order valence-electron chi connectivity index (χ3n) is 2.37. The van der Waals surface area contributed by atoms with Gasteiger partial charge in [-0.3, -0.25) is 0 Å². The average Bonchev–Trinajstić information content (AvgIpc) is 2.81. The van der Waals surface area contributed by atoms with Crippen LogP contribution < -0.4 is 5.32 Å². The van der Waals surface area contributed by atoms with Crippen molar-refractivity contribution in [2.45, 2.75) is 26.4 Å². The Kier molecular flexibility index (Phi) is 3.84. The minimum absolute atomic E-state index is 0.000281. The van der Waals surface area contributed by atoms with Crippen molar-refractivity contribution in [3.63, 3.8) is 0 Å². The fraction of sp³-hybridized carbons (Fsp3) is 0.333. The summed E-state index contributed by atoms with van der Waals surface area (Å²) in [5, 5.41) is 6.72. The molecule has 2 rings (SSSR count). The highest BCUT2D eigenvalue weighted by Gasteiger charge is 2.15. The Hall–Kier alpha value is -1.89. The van der Waals surface area contributed by atoms with Gasteiger partial charge in [0, 0.05) is 11.6 Å². The first-order chi connectivity index (χ1) is 8.97. The van der Waals surface area contributed by atoms with E-state index in [0.29, 0.717) is 12.4 Å². The van der Waals surface area contributed by atoms with Gasteiger partial charge < -0.3 is 9.84 Å². The van der Waals surface area contributed by atoms with Crippen LogP contribution in [-0.4, -0.2) is 16.2 Å². The number of nitrogens with one attached hydrogen (secondary N) is 1. The van der Waals surface area contributed by atoms with Gasteiger partial charge >= 0.3 is 0 Å². The van der Waals surface area contributed by atoms with E-state index in [1.807, 2.05) is 13.8 Å². The van der Waals surface area contributed by atoms with Gasteiger partial charge in [-0.1, -0.05) is 19.0 Å². The van der Waals surface area contributed by atoms with Crippen molar-refractivity contribution >= 4 is 0 Å². The summed E-state index contributed by atoms with van der Waals surface area (Å²) in [7, 11) is 0. The van der Waals surface area contributed by atoms with Crippen molar-refractivity contribution in [2.75, 3.05) is 0 Å². The quantitative estimate of drug-likeness (QED) is 0.868. The van der Waals surface area contributed by atoms with Gasteiger partial charge in [-0.15, -0.1) is 0 Å². The molecule has 0 fully saturated rings. The zero-order valence-electron chi connectivity index (χ0n) is 10.4. The van der Waals surface area contributed by atoms with E-state index in [2.05, 4.69) is 15.5 Å². The van der Waals surface area contributed by atoms with Crippen LogP contribution in [0, 0.1) is 17.5 Å². The largest absolute Gasteiger partial charge is 0.334 e. The predicted octanol–water partition coefficient (Wildman–Crippen LogP) is 2.65. The number of rotatable bonds is 4. The molecule has 0 atom stereocenters. The molecule has 1 heterocycles. The molecule has 102 valence electrons. The van der Waals surface area contributed by atoms with E-state index < -0.39 is 17.5 Å². The van der Waals surface area contributed by atoms with Gasteiger partial charge in [-0.2, -0.15) is 4.98 Å². The van der Waals surface area contributed by atoms with E-state index in [9.17, 15) is 13.2 Å². The van der Waals surface area contributed by atoms with Gasteiger partial charge in [0.25, 0.3) is 5.89 Å². The van der Waals surface area contributed by atoms with E-state index in [0.717, 1.165) is 12.1 Å². The molecule has 0 radical (unpaired) electrons. The number of hydrogen-bond acceptors (Lipinski definition) is 4. The van der Waals surface area contributed by atoms with Gasteiger partial charge in [-0.05, 0) is 12.1 Å². The molecule has 7 heteroatoms. The smallest absolute Gasteiger partial charge is 0.258 e. The second-order valence-electron chi connectivity index (χ2n) is 4.31. The first-order valence-electron chi connectivity index (χ1n) is 5.68. The summed E-state index contributed by atoms with van der Waals surface area (Å²) in [5.41, 5.74) is -0.000281. The Bertz CT molecular complexity index is 560. The van der Waals surface area contributed by atoms with Gasteiger partial charge in [0.05, 0.1) is 6.54 Å². The Labute approximate surface area is 107 Å². The fourth-order valence-corrected chi connectivity index (χ4v) is 1.42. The Morgan fingerprint density at radius 3 is 2.42 bits per heavy atom. The molecule has 1 aromatic heterocycles. The minimum Gasteiger partial charge on any atom is -0.334 e. The molecule has 1 N–H and O–H groups in total. The lowest BCUT2D eigenvalue weighted by Crippen LogP contribution is -2.22. The van der Waals surface area contributed by atoms with Crippen LogP contribution in [0.4, 0.5) is 13.2 Å². The first-order valence-corrected chi connectivity index (χ1v) is 5.68. The molecule has 0 aliphatic carbocycles. The highest BCUT2D eigenvalue weighted by molar-refractivity contribution is 5.53. The van der Waals surface area contributed by atoms with Crippen LogP contribution in [0.15, 0.2) is 16.7 Å². The van der Waals surface area contributed by atoms with Crippen LogP contribution in [-0.2, 0) is 6.54 Å². The van der Waals surface area contributed by atoms with Crippen molar-refractivity contribution in [1.82, 2.24) is 15.5 Å². The standard InChI is InChI=1S/C12H12F3N3O/c1-6(2)16-5-10-17-12(19-18-10)7-3-8(13)11(15)9(14)4-7/h3-4,6,16H,5H2,1-2H3. The van der Waals surface area contributed by atoms with E-state index >= 15 is 0 Å². The van der Waals surface area contributed by atoms with Crippen molar-refractivity contribution < 1.29 is 17.7 Å². The lowest BCUT2D eigenvalue weighted by Gasteiger charge is -2.03. The Morgan fingerprint density at radius 1 is 1.21 bits per heavy atom. The summed E-state index contributed by atoms with van der Waals surface area (Å²) in [4.78, 5) is 3.97. The monoisotopic (exact) mass is 271 g/mol. The lowest BCUT2D eigenvalue weighted by atomic mass is 10.2. The highest BCUT2D eigenvalue weighted by atomic mass is 19.2. The zero-order valence-corrected chi connectivity index (χ0v) is 10.4. The van der Waals surface area contributed by atoms with Crippen molar-refractivity contribution in [3.05, 3.63) is 35.4 Å². The second kappa shape index (κ2) is 5.40. The van der Waals surface area contributed by atoms with E-state index in [-0.39, 0.29) is 17.5 Å². The Morgan fingerprint density at radius 2 is 1.84 bits per heavy atom. The van der Waals surface area contributed by atoms with Crippen molar-refractivity contribution in [2.24, 2.45) is 0 Å². The molecule has 1 aromatic carbocycles. The lowest BCUT2D eigenvalue weighted by molar-refractivity contribution is 0.414. The van der Waals surface area contributed by atoms with Crippen molar-refractivity contribution in [1.29, 1.82) is 0 Å². The van der Waals surface area contributed by atoms with E-state index in [1.54, 1.807) is 0 Å². The van der Waals surface area contributed by atoms with Crippen LogP contribution in [0.25, 0.3) is 11.5 Å². The summed E-state index contributed by atoms with van der Waals surface area (Å²) in [6.45, 7) is 4.27.